The van der Waals surface area contributed by atoms with Gasteiger partial charge in [0.25, 0.3) is 0 Å². The Kier molecular flexibility index (Phi) is 4.99. The van der Waals surface area contributed by atoms with Crippen molar-refractivity contribution in [2.45, 2.75) is 64.3 Å². The first-order valence-corrected chi connectivity index (χ1v) is 7.96. The predicted octanol–water partition coefficient (Wildman–Crippen LogP) is 2.68. The first-order chi connectivity index (χ1) is 9.42. The summed E-state index contributed by atoms with van der Waals surface area (Å²) in [5.41, 5.74) is 2.49. The lowest BCUT2D eigenvalue weighted by molar-refractivity contribution is 0.0505. The third kappa shape index (κ3) is 5.09. The third-order valence-electron chi connectivity index (χ3n) is 3.21. The van der Waals surface area contributed by atoms with Crippen molar-refractivity contribution in [3.05, 3.63) is 16.6 Å². The Hall–Kier alpha value is -1.14. The summed E-state index contributed by atoms with van der Waals surface area (Å²) in [7, 11) is 0. The molecule has 20 heavy (non-hydrogen) atoms. The number of rotatable bonds is 4. The van der Waals surface area contributed by atoms with Gasteiger partial charge in [-0.05, 0) is 40.0 Å². The molecule has 1 aliphatic carbocycles. The summed E-state index contributed by atoms with van der Waals surface area (Å²) in [5.74, 6) is 0. The lowest BCUT2D eigenvalue weighted by Crippen LogP contribution is -2.38. The zero-order chi connectivity index (χ0) is 14.6. The standard InChI is InChI=1S/C14H23N3O2S/c1-14(2,3)19-13(18)17-11-5-4-10(6-11)15-7-12-8-20-9-16-12/h8-11,15H,4-7H2,1-3H3,(H,17,18). The van der Waals surface area contributed by atoms with Crippen LogP contribution in [0.5, 0.6) is 0 Å². The molecule has 0 saturated heterocycles. The molecule has 1 saturated carbocycles. The molecule has 2 unspecified atom stereocenters. The SMILES string of the molecule is CC(C)(C)OC(=O)NC1CCC(NCc2cscn2)C1. The van der Waals surface area contributed by atoms with Crippen LogP contribution in [0.15, 0.2) is 10.9 Å². The number of nitrogens with one attached hydrogen (secondary N) is 2. The molecule has 0 spiro atoms. The molecular formula is C14H23N3O2S. The molecule has 0 aromatic carbocycles. The first-order valence-electron chi connectivity index (χ1n) is 7.02. The summed E-state index contributed by atoms with van der Waals surface area (Å²) < 4.78 is 5.27. The molecular weight excluding hydrogens is 274 g/mol. The van der Waals surface area contributed by atoms with Crippen molar-refractivity contribution in [1.82, 2.24) is 15.6 Å². The highest BCUT2D eigenvalue weighted by Crippen LogP contribution is 2.20. The molecule has 2 rings (SSSR count). The monoisotopic (exact) mass is 297 g/mol. The molecule has 1 aliphatic rings. The Morgan fingerprint density at radius 2 is 2.20 bits per heavy atom. The molecule has 1 fully saturated rings. The molecule has 2 N–H and O–H groups in total. The molecule has 5 nitrogen and oxygen atoms in total. The smallest absolute Gasteiger partial charge is 0.407 e. The van der Waals surface area contributed by atoms with Gasteiger partial charge in [0, 0.05) is 24.0 Å². The van der Waals surface area contributed by atoms with Crippen molar-refractivity contribution in [3.8, 4) is 0 Å². The number of carbonyl (C=O) groups excluding carboxylic acids is 1. The number of carbonyl (C=O) groups is 1. The average molecular weight is 297 g/mol. The number of hydrogen-bond donors (Lipinski definition) is 2. The van der Waals surface area contributed by atoms with Gasteiger partial charge in [0.05, 0.1) is 11.2 Å². The van der Waals surface area contributed by atoms with E-state index in [9.17, 15) is 4.79 Å². The molecule has 112 valence electrons. The van der Waals surface area contributed by atoms with Gasteiger partial charge in [-0.2, -0.15) is 0 Å². The van der Waals surface area contributed by atoms with Crippen LogP contribution in [0, 0.1) is 0 Å². The number of thiazole rings is 1. The minimum Gasteiger partial charge on any atom is -0.444 e. The number of aromatic nitrogens is 1. The summed E-state index contributed by atoms with van der Waals surface area (Å²) in [6.45, 7) is 6.42. The van der Waals surface area contributed by atoms with Crippen molar-refractivity contribution >= 4 is 17.4 Å². The van der Waals surface area contributed by atoms with E-state index in [0.717, 1.165) is 31.5 Å². The van der Waals surface area contributed by atoms with E-state index in [4.69, 9.17) is 4.74 Å². The second-order valence-electron chi connectivity index (χ2n) is 6.21. The van der Waals surface area contributed by atoms with Gasteiger partial charge in [0.2, 0.25) is 0 Å². The van der Waals surface area contributed by atoms with Crippen molar-refractivity contribution in [2.75, 3.05) is 0 Å². The van der Waals surface area contributed by atoms with Gasteiger partial charge in [0.1, 0.15) is 5.60 Å². The van der Waals surface area contributed by atoms with Crippen LogP contribution >= 0.6 is 11.3 Å². The van der Waals surface area contributed by atoms with Crippen LogP contribution in [0.25, 0.3) is 0 Å². The van der Waals surface area contributed by atoms with Crippen LogP contribution in [0.1, 0.15) is 45.7 Å². The van der Waals surface area contributed by atoms with E-state index in [0.29, 0.717) is 6.04 Å². The van der Waals surface area contributed by atoms with Gasteiger partial charge >= 0.3 is 6.09 Å². The molecule has 1 amide bonds. The summed E-state index contributed by atoms with van der Waals surface area (Å²) >= 11 is 1.61. The minimum atomic E-state index is -0.440. The zero-order valence-electron chi connectivity index (χ0n) is 12.3. The van der Waals surface area contributed by atoms with Gasteiger partial charge < -0.3 is 15.4 Å². The highest BCUT2D eigenvalue weighted by Gasteiger charge is 2.27. The molecule has 1 heterocycles. The van der Waals surface area contributed by atoms with E-state index >= 15 is 0 Å². The van der Waals surface area contributed by atoms with Crippen LogP contribution in [-0.2, 0) is 11.3 Å². The van der Waals surface area contributed by atoms with E-state index in [1.807, 2.05) is 26.3 Å². The Bertz CT molecular complexity index is 428. The molecule has 0 radical (unpaired) electrons. The first kappa shape index (κ1) is 15.3. The van der Waals surface area contributed by atoms with E-state index in [2.05, 4.69) is 21.0 Å². The fourth-order valence-corrected chi connectivity index (χ4v) is 2.90. The lowest BCUT2D eigenvalue weighted by atomic mass is 10.2. The molecule has 0 bridgehead atoms. The van der Waals surface area contributed by atoms with Crippen molar-refractivity contribution in [1.29, 1.82) is 0 Å². The van der Waals surface area contributed by atoms with Crippen LogP contribution < -0.4 is 10.6 Å². The fraction of sp³-hybridized carbons (Fsp3) is 0.714. The number of nitrogens with zero attached hydrogens (tertiary/aromatic N) is 1. The van der Waals surface area contributed by atoms with Crippen LogP contribution in [-0.4, -0.2) is 28.8 Å². The van der Waals surface area contributed by atoms with Crippen molar-refractivity contribution in [2.24, 2.45) is 0 Å². The second kappa shape index (κ2) is 6.54. The number of alkyl carbamates (subject to hydrolysis) is 1. The maximum atomic E-state index is 11.7. The second-order valence-corrected chi connectivity index (χ2v) is 6.93. The zero-order valence-corrected chi connectivity index (χ0v) is 13.1. The Morgan fingerprint density at radius 3 is 2.85 bits per heavy atom. The third-order valence-corrected chi connectivity index (χ3v) is 3.84. The van der Waals surface area contributed by atoms with Gasteiger partial charge in [-0.15, -0.1) is 11.3 Å². The van der Waals surface area contributed by atoms with Gasteiger partial charge in [-0.1, -0.05) is 0 Å². The molecule has 1 aromatic heterocycles. The molecule has 2 atom stereocenters. The minimum absolute atomic E-state index is 0.206. The van der Waals surface area contributed by atoms with Gasteiger partial charge in [-0.25, -0.2) is 9.78 Å². The van der Waals surface area contributed by atoms with Crippen LogP contribution in [0.2, 0.25) is 0 Å². The quantitative estimate of drug-likeness (QED) is 0.897. The number of hydrogen-bond acceptors (Lipinski definition) is 5. The molecule has 6 heteroatoms. The normalized spacial score (nSPS) is 22.8. The Morgan fingerprint density at radius 1 is 1.45 bits per heavy atom. The van der Waals surface area contributed by atoms with Gasteiger partial charge in [0.15, 0.2) is 0 Å². The average Bonchev–Trinajstić information content (AvgIpc) is 2.94. The topological polar surface area (TPSA) is 63.2 Å². The van der Waals surface area contributed by atoms with E-state index in [1.54, 1.807) is 11.3 Å². The van der Waals surface area contributed by atoms with Crippen LogP contribution in [0.3, 0.4) is 0 Å². The van der Waals surface area contributed by atoms with E-state index < -0.39 is 5.60 Å². The number of ether oxygens (including phenoxy) is 1. The Balaban J connectivity index is 1.68. The van der Waals surface area contributed by atoms with E-state index in [1.165, 1.54) is 0 Å². The highest BCUT2D eigenvalue weighted by molar-refractivity contribution is 7.07. The molecule has 1 aromatic rings. The van der Waals surface area contributed by atoms with Gasteiger partial charge in [-0.3, -0.25) is 0 Å². The maximum absolute atomic E-state index is 11.7. The highest BCUT2D eigenvalue weighted by atomic mass is 32.1. The summed E-state index contributed by atoms with van der Waals surface area (Å²) in [5, 5.41) is 8.49. The summed E-state index contributed by atoms with van der Waals surface area (Å²) in [4.78, 5) is 16.0. The Labute approximate surface area is 124 Å². The molecule has 0 aliphatic heterocycles. The number of amides is 1. The van der Waals surface area contributed by atoms with Crippen LogP contribution in [0.4, 0.5) is 4.79 Å². The maximum Gasteiger partial charge on any atom is 0.407 e. The largest absolute Gasteiger partial charge is 0.444 e. The summed E-state index contributed by atoms with van der Waals surface area (Å²) in [6, 6.07) is 0.648. The fourth-order valence-electron chi connectivity index (χ4n) is 2.35. The van der Waals surface area contributed by atoms with Crippen molar-refractivity contribution in [3.63, 3.8) is 0 Å². The summed E-state index contributed by atoms with van der Waals surface area (Å²) in [6.07, 6.45) is 2.70. The van der Waals surface area contributed by atoms with E-state index in [-0.39, 0.29) is 12.1 Å². The van der Waals surface area contributed by atoms with Crippen molar-refractivity contribution < 1.29 is 9.53 Å². The lowest BCUT2D eigenvalue weighted by Gasteiger charge is -2.21. The predicted molar refractivity (Wildman–Crippen MR) is 79.8 cm³/mol.